The fourth-order valence-electron chi connectivity index (χ4n) is 2.15. The van der Waals surface area contributed by atoms with Crippen molar-refractivity contribution in [3.63, 3.8) is 0 Å². The zero-order chi connectivity index (χ0) is 11.6. The van der Waals surface area contributed by atoms with Crippen LogP contribution in [0.15, 0.2) is 0 Å². The monoisotopic (exact) mass is 228 g/mol. The Morgan fingerprint density at radius 1 is 1.00 bits per heavy atom. The lowest BCUT2D eigenvalue weighted by Gasteiger charge is -2.28. The molecule has 1 heterocycles. The zero-order valence-corrected chi connectivity index (χ0v) is 11.0. The maximum Gasteiger partial charge on any atom is 0.157 e. The Labute approximate surface area is 101 Å². The van der Waals surface area contributed by atoms with Gasteiger partial charge < -0.3 is 9.47 Å². The molecule has 2 heteroatoms. The van der Waals surface area contributed by atoms with Gasteiger partial charge >= 0.3 is 0 Å². The van der Waals surface area contributed by atoms with Crippen LogP contribution >= 0.6 is 0 Å². The van der Waals surface area contributed by atoms with Crippen molar-refractivity contribution in [2.24, 2.45) is 0 Å². The smallest absolute Gasteiger partial charge is 0.157 e. The van der Waals surface area contributed by atoms with E-state index in [0.717, 1.165) is 19.4 Å². The van der Waals surface area contributed by atoms with Crippen LogP contribution in [0.2, 0.25) is 0 Å². The van der Waals surface area contributed by atoms with Crippen molar-refractivity contribution in [3.05, 3.63) is 0 Å². The van der Waals surface area contributed by atoms with E-state index in [2.05, 4.69) is 13.8 Å². The van der Waals surface area contributed by atoms with Crippen LogP contribution in [0.3, 0.4) is 0 Å². The molecule has 2 nitrogen and oxygen atoms in total. The Balaban J connectivity index is 1.86. The van der Waals surface area contributed by atoms with Crippen molar-refractivity contribution in [2.75, 3.05) is 6.61 Å². The summed E-state index contributed by atoms with van der Waals surface area (Å²) in [6, 6.07) is 0. The predicted octanol–water partition coefficient (Wildman–Crippen LogP) is 4.28. The maximum absolute atomic E-state index is 5.71. The number of hydrogen-bond acceptors (Lipinski definition) is 2. The van der Waals surface area contributed by atoms with E-state index in [1.807, 2.05) is 0 Å². The summed E-state index contributed by atoms with van der Waals surface area (Å²) in [6.45, 7) is 5.28. The molecule has 0 aromatic heterocycles. The standard InChI is InChI=1S/C14H28O2/c1-3-4-5-6-7-8-9-10-14-15-12-11-13(2)16-14/h13-14H,3-12H2,1-2H3/t13-,14+/m1/s1. The summed E-state index contributed by atoms with van der Waals surface area (Å²) in [5, 5.41) is 0. The molecule has 0 radical (unpaired) electrons. The molecule has 0 N–H and O–H groups in total. The normalized spacial score (nSPS) is 25.9. The van der Waals surface area contributed by atoms with Crippen LogP contribution < -0.4 is 0 Å². The van der Waals surface area contributed by atoms with Crippen LogP contribution in [-0.4, -0.2) is 19.0 Å². The summed E-state index contributed by atoms with van der Waals surface area (Å²) in [4.78, 5) is 0. The Hall–Kier alpha value is -0.0800. The van der Waals surface area contributed by atoms with E-state index < -0.39 is 0 Å². The highest BCUT2D eigenvalue weighted by molar-refractivity contribution is 4.59. The molecular weight excluding hydrogens is 200 g/mol. The van der Waals surface area contributed by atoms with Gasteiger partial charge in [-0.3, -0.25) is 0 Å². The number of rotatable bonds is 8. The summed E-state index contributed by atoms with van der Waals surface area (Å²) in [5.74, 6) is 0. The lowest BCUT2D eigenvalue weighted by molar-refractivity contribution is -0.210. The molecule has 2 atom stereocenters. The summed E-state index contributed by atoms with van der Waals surface area (Å²) in [6.07, 6.45) is 12.1. The topological polar surface area (TPSA) is 18.5 Å². The SMILES string of the molecule is CCCCCCCCC[C@H]1OCC[C@@H](C)O1. The minimum atomic E-state index is 0.0828. The second kappa shape index (κ2) is 9.00. The summed E-state index contributed by atoms with van der Waals surface area (Å²) in [5.41, 5.74) is 0. The summed E-state index contributed by atoms with van der Waals surface area (Å²) < 4.78 is 11.3. The summed E-state index contributed by atoms with van der Waals surface area (Å²) >= 11 is 0. The van der Waals surface area contributed by atoms with E-state index in [1.54, 1.807) is 0 Å². The number of hydrogen-bond donors (Lipinski definition) is 0. The predicted molar refractivity (Wildman–Crippen MR) is 67.5 cm³/mol. The molecule has 16 heavy (non-hydrogen) atoms. The molecule has 1 saturated heterocycles. The van der Waals surface area contributed by atoms with Gasteiger partial charge in [0.1, 0.15) is 0 Å². The zero-order valence-electron chi connectivity index (χ0n) is 11.0. The average molecular weight is 228 g/mol. The molecule has 0 unspecified atom stereocenters. The highest BCUT2D eigenvalue weighted by atomic mass is 16.7. The first-order valence-electron chi connectivity index (χ1n) is 7.10. The second-order valence-electron chi connectivity index (χ2n) is 4.95. The minimum absolute atomic E-state index is 0.0828. The molecule has 96 valence electrons. The van der Waals surface area contributed by atoms with Gasteiger partial charge in [-0.25, -0.2) is 0 Å². The summed E-state index contributed by atoms with van der Waals surface area (Å²) in [7, 11) is 0. The van der Waals surface area contributed by atoms with Crippen LogP contribution in [0.25, 0.3) is 0 Å². The third-order valence-corrected chi connectivity index (χ3v) is 3.26. The van der Waals surface area contributed by atoms with Crippen molar-refractivity contribution in [2.45, 2.75) is 84.0 Å². The van der Waals surface area contributed by atoms with Gasteiger partial charge in [-0.05, 0) is 26.2 Å². The van der Waals surface area contributed by atoms with E-state index in [-0.39, 0.29) is 6.29 Å². The molecule has 0 bridgehead atoms. The minimum Gasteiger partial charge on any atom is -0.353 e. The molecule has 1 rings (SSSR count). The lowest BCUT2D eigenvalue weighted by atomic mass is 10.1. The first-order valence-corrected chi connectivity index (χ1v) is 7.10. The molecule has 1 fully saturated rings. The van der Waals surface area contributed by atoms with Gasteiger partial charge in [0.25, 0.3) is 0 Å². The molecular formula is C14H28O2. The number of ether oxygens (including phenoxy) is 2. The van der Waals surface area contributed by atoms with E-state index in [1.165, 1.54) is 44.9 Å². The third-order valence-electron chi connectivity index (χ3n) is 3.26. The van der Waals surface area contributed by atoms with E-state index in [4.69, 9.17) is 9.47 Å². The van der Waals surface area contributed by atoms with Gasteiger partial charge in [-0.2, -0.15) is 0 Å². The Morgan fingerprint density at radius 3 is 2.38 bits per heavy atom. The molecule has 0 saturated carbocycles. The van der Waals surface area contributed by atoms with Gasteiger partial charge in [0.05, 0.1) is 12.7 Å². The molecule has 1 aliphatic rings. The molecule has 1 aliphatic heterocycles. The highest BCUT2D eigenvalue weighted by Crippen LogP contribution is 2.17. The van der Waals surface area contributed by atoms with Crippen LogP contribution in [0.1, 0.15) is 71.6 Å². The quantitative estimate of drug-likeness (QED) is 0.577. The van der Waals surface area contributed by atoms with Crippen LogP contribution in [0.5, 0.6) is 0 Å². The van der Waals surface area contributed by atoms with Gasteiger partial charge in [-0.1, -0.05) is 45.4 Å². The van der Waals surface area contributed by atoms with Gasteiger partial charge in [-0.15, -0.1) is 0 Å². The Kier molecular flexibility index (Phi) is 7.87. The maximum atomic E-state index is 5.71. The Bertz CT molecular complexity index is 159. The van der Waals surface area contributed by atoms with Crippen LogP contribution in [0.4, 0.5) is 0 Å². The van der Waals surface area contributed by atoms with Crippen molar-refractivity contribution in [3.8, 4) is 0 Å². The second-order valence-corrected chi connectivity index (χ2v) is 4.95. The van der Waals surface area contributed by atoms with Crippen molar-refractivity contribution >= 4 is 0 Å². The average Bonchev–Trinajstić information content (AvgIpc) is 2.28. The van der Waals surface area contributed by atoms with Gasteiger partial charge in [0, 0.05) is 0 Å². The number of unbranched alkanes of at least 4 members (excludes halogenated alkanes) is 6. The van der Waals surface area contributed by atoms with E-state index in [0.29, 0.717) is 6.10 Å². The van der Waals surface area contributed by atoms with Crippen molar-refractivity contribution in [1.82, 2.24) is 0 Å². The van der Waals surface area contributed by atoms with Gasteiger partial charge in [0.2, 0.25) is 0 Å². The Morgan fingerprint density at radius 2 is 1.69 bits per heavy atom. The van der Waals surface area contributed by atoms with Crippen LogP contribution in [-0.2, 0) is 9.47 Å². The molecule has 0 aromatic rings. The van der Waals surface area contributed by atoms with E-state index in [9.17, 15) is 0 Å². The fraction of sp³-hybridized carbons (Fsp3) is 1.00. The third kappa shape index (κ3) is 6.49. The van der Waals surface area contributed by atoms with Crippen molar-refractivity contribution < 1.29 is 9.47 Å². The molecule has 0 aliphatic carbocycles. The molecule has 0 amide bonds. The lowest BCUT2D eigenvalue weighted by Crippen LogP contribution is -2.30. The fourth-order valence-corrected chi connectivity index (χ4v) is 2.15. The first-order chi connectivity index (χ1) is 7.83. The first kappa shape index (κ1) is 14.0. The van der Waals surface area contributed by atoms with Crippen molar-refractivity contribution in [1.29, 1.82) is 0 Å². The van der Waals surface area contributed by atoms with Gasteiger partial charge in [0.15, 0.2) is 6.29 Å². The molecule has 0 spiro atoms. The molecule has 0 aromatic carbocycles. The van der Waals surface area contributed by atoms with Crippen LogP contribution in [0, 0.1) is 0 Å². The largest absolute Gasteiger partial charge is 0.353 e. The highest BCUT2D eigenvalue weighted by Gasteiger charge is 2.18. The van der Waals surface area contributed by atoms with E-state index >= 15 is 0 Å².